The molecule has 2 aliphatic rings. The van der Waals surface area contributed by atoms with E-state index < -0.39 is 0 Å². The van der Waals surface area contributed by atoms with Gasteiger partial charge in [-0.25, -0.2) is 0 Å². The molecule has 3 heteroatoms. The first-order valence-electron chi connectivity index (χ1n) is 8.25. The van der Waals surface area contributed by atoms with Gasteiger partial charge in [-0.3, -0.25) is 4.79 Å². The van der Waals surface area contributed by atoms with Gasteiger partial charge in [0, 0.05) is 24.5 Å². The molecule has 21 heavy (non-hydrogen) atoms. The lowest BCUT2D eigenvalue weighted by molar-refractivity contribution is -0.138. The Kier molecular flexibility index (Phi) is 4.29. The zero-order valence-corrected chi connectivity index (χ0v) is 12.9. The van der Waals surface area contributed by atoms with Crippen LogP contribution in [0, 0.1) is 12.8 Å². The lowest BCUT2D eigenvalue weighted by atomic mass is 9.85. The number of carbonyl (C=O) groups is 1. The van der Waals surface area contributed by atoms with E-state index in [-0.39, 0.29) is 12.0 Å². The second-order valence-electron chi connectivity index (χ2n) is 6.81. The summed E-state index contributed by atoms with van der Waals surface area (Å²) in [7, 11) is 0. The SMILES string of the molecule is Cc1ccc(CN(C(=O)C2CCCC(N)C2)C2CC2)cc1. The normalized spacial score (nSPS) is 25.6. The third-order valence-electron chi connectivity index (χ3n) is 4.81. The highest BCUT2D eigenvalue weighted by atomic mass is 16.2. The molecule has 0 radical (unpaired) electrons. The van der Waals surface area contributed by atoms with Gasteiger partial charge in [0.15, 0.2) is 0 Å². The minimum Gasteiger partial charge on any atom is -0.335 e. The largest absolute Gasteiger partial charge is 0.335 e. The summed E-state index contributed by atoms with van der Waals surface area (Å²) in [6.45, 7) is 2.85. The predicted octanol–water partition coefficient (Wildman–Crippen LogP) is 3.00. The van der Waals surface area contributed by atoms with Crippen LogP contribution >= 0.6 is 0 Å². The van der Waals surface area contributed by atoms with Gasteiger partial charge in [-0.05, 0) is 44.6 Å². The van der Waals surface area contributed by atoms with Crippen LogP contribution in [0.2, 0.25) is 0 Å². The standard InChI is InChI=1S/C18H26N2O/c1-13-5-7-14(8-6-13)12-20(17-9-10-17)18(21)15-3-2-4-16(19)11-15/h5-8,15-17H,2-4,9-12,19H2,1H3. The van der Waals surface area contributed by atoms with Crippen LogP contribution in [0.25, 0.3) is 0 Å². The van der Waals surface area contributed by atoms with Gasteiger partial charge >= 0.3 is 0 Å². The molecule has 2 unspecified atom stereocenters. The van der Waals surface area contributed by atoms with Crippen LogP contribution in [-0.2, 0) is 11.3 Å². The zero-order valence-electron chi connectivity index (χ0n) is 12.9. The lowest BCUT2D eigenvalue weighted by Crippen LogP contribution is -2.41. The molecule has 1 aromatic rings. The van der Waals surface area contributed by atoms with Gasteiger partial charge < -0.3 is 10.6 Å². The number of aryl methyl sites for hydroxylation is 1. The second-order valence-corrected chi connectivity index (χ2v) is 6.81. The number of nitrogens with two attached hydrogens (primary N) is 1. The van der Waals surface area contributed by atoms with Crippen molar-refractivity contribution in [1.82, 2.24) is 4.90 Å². The third kappa shape index (κ3) is 3.65. The third-order valence-corrected chi connectivity index (χ3v) is 4.81. The smallest absolute Gasteiger partial charge is 0.226 e. The zero-order chi connectivity index (χ0) is 14.8. The van der Waals surface area contributed by atoms with Gasteiger partial charge in [-0.15, -0.1) is 0 Å². The van der Waals surface area contributed by atoms with Crippen molar-refractivity contribution in [1.29, 1.82) is 0 Å². The predicted molar refractivity (Wildman–Crippen MR) is 84.7 cm³/mol. The van der Waals surface area contributed by atoms with Crippen LogP contribution in [0.15, 0.2) is 24.3 Å². The molecule has 3 nitrogen and oxygen atoms in total. The van der Waals surface area contributed by atoms with E-state index in [4.69, 9.17) is 5.73 Å². The Morgan fingerprint density at radius 2 is 1.90 bits per heavy atom. The van der Waals surface area contributed by atoms with Crippen molar-refractivity contribution in [3.8, 4) is 0 Å². The van der Waals surface area contributed by atoms with Crippen LogP contribution in [-0.4, -0.2) is 22.9 Å². The van der Waals surface area contributed by atoms with Crippen molar-refractivity contribution in [2.24, 2.45) is 11.7 Å². The quantitative estimate of drug-likeness (QED) is 0.925. The highest BCUT2D eigenvalue weighted by Crippen LogP contribution is 2.33. The maximum Gasteiger partial charge on any atom is 0.226 e. The number of carbonyl (C=O) groups excluding carboxylic acids is 1. The molecule has 1 amide bonds. The summed E-state index contributed by atoms with van der Waals surface area (Å²) >= 11 is 0. The van der Waals surface area contributed by atoms with Crippen LogP contribution in [0.5, 0.6) is 0 Å². The first-order chi connectivity index (χ1) is 10.1. The molecular formula is C18H26N2O. The van der Waals surface area contributed by atoms with Crippen LogP contribution in [0.3, 0.4) is 0 Å². The van der Waals surface area contributed by atoms with E-state index in [1.54, 1.807) is 0 Å². The Morgan fingerprint density at radius 1 is 1.19 bits per heavy atom. The second kappa shape index (κ2) is 6.18. The number of nitrogens with zero attached hydrogens (tertiary/aromatic N) is 1. The molecule has 0 aromatic heterocycles. The number of hydrogen-bond donors (Lipinski definition) is 1. The van der Waals surface area contributed by atoms with Gasteiger partial charge in [-0.2, -0.15) is 0 Å². The van der Waals surface area contributed by atoms with Crippen molar-refractivity contribution in [3.05, 3.63) is 35.4 Å². The average Bonchev–Trinajstić information content (AvgIpc) is 3.30. The molecule has 2 aliphatic carbocycles. The summed E-state index contributed by atoms with van der Waals surface area (Å²) in [5.41, 5.74) is 8.56. The van der Waals surface area contributed by atoms with E-state index in [9.17, 15) is 4.79 Å². The Morgan fingerprint density at radius 3 is 2.52 bits per heavy atom. The minimum atomic E-state index is 0.153. The van der Waals surface area contributed by atoms with Gasteiger partial charge in [-0.1, -0.05) is 36.2 Å². The fourth-order valence-corrected chi connectivity index (χ4v) is 3.35. The topological polar surface area (TPSA) is 46.3 Å². The van der Waals surface area contributed by atoms with E-state index in [1.807, 2.05) is 0 Å². The molecule has 0 bridgehead atoms. The lowest BCUT2D eigenvalue weighted by Gasteiger charge is -2.31. The van der Waals surface area contributed by atoms with Gasteiger partial charge in [0.25, 0.3) is 0 Å². The van der Waals surface area contributed by atoms with Gasteiger partial charge in [0.2, 0.25) is 5.91 Å². The summed E-state index contributed by atoms with van der Waals surface area (Å²) in [5.74, 6) is 0.494. The first kappa shape index (κ1) is 14.6. The number of hydrogen-bond acceptors (Lipinski definition) is 2. The Bertz CT molecular complexity index is 492. The molecule has 0 heterocycles. The van der Waals surface area contributed by atoms with Crippen LogP contribution < -0.4 is 5.73 Å². The minimum absolute atomic E-state index is 0.153. The molecular weight excluding hydrogens is 260 g/mol. The summed E-state index contributed by atoms with van der Waals surface area (Å²) in [6, 6.07) is 9.22. The Hall–Kier alpha value is -1.35. The van der Waals surface area contributed by atoms with Crippen molar-refractivity contribution in [2.45, 2.75) is 64.1 Å². The van der Waals surface area contributed by atoms with E-state index in [0.717, 1.165) is 45.1 Å². The van der Waals surface area contributed by atoms with E-state index in [2.05, 4.69) is 36.1 Å². The fourth-order valence-electron chi connectivity index (χ4n) is 3.35. The van der Waals surface area contributed by atoms with Crippen molar-refractivity contribution < 1.29 is 4.79 Å². The molecule has 2 fully saturated rings. The molecule has 0 aliphatic heterocycles. The number of benzene rings is 1. The molecule has 3 rings (SSSR count). The Labute approximate surface area is 127 Å². The van der Waals surface area contributed by atoms with Crippen LogP contribution in [0.1, 0.15) is 49.7 Å². The maximum atomic E-state index is 12.9. The number of amides is 1. The van der Waals surface area contributed by atoms with Crippen molar-refractivity contribution >= 4 is 5.91 Å². The molecule has 114 valence electrons. The Balaban J connectivity index is 1.69. The van der Waals surface area contributed by atoms with Gasteiger partial charge in [0.1, 0.15) is 0 Å². The molecule has 2 saturated carbocycles. The molecule has 2 atom stereocenters. The molecule has 2 N–H and O–H groups in total. The first-order valence-corrected chi connectivity index (χ1v) is 8.25. The van der Waals surface area contributed by atoms with Crippen LogP contribution in [0.4, 0.5) is 0 Å². The summed E-state index contributed by atoms with van der Waals surface area (Å²) in [4.78, 5) is 15.0. The average molecular weight is 286 g/mol. The molecule has 0 saturated heterocycles. The molecule has 0 spiro atoms. The van der Waals surface area contributed by atoms with E-state index in [0.29, 0.717) is 11.9 Å². The summed E-state index contributed by atoms with van der Waals surface area (Å²) < 4.78 is 0. The highest BCUT2D eigenvalue weighted by molar-refractivity contribution is 5.79. The van der Waals surface area contributed by atoms with Crippen molar-refractivity contribution in [3.63, 3.8) is 0 Å². The monoisotopic (exact) mass is 286 g/mol. The van der Waals surface area contributed by atoms with Gasteiger partial charge in [0.05, 0.1) is 0 Å². The van der Waals surface area contributed by atoms with Crippen molar-refractivity contribution in [2.75, 3.05) is 0 Å². The highest BCUT2D eigenvalue weighted by Gasteiger charge is 2.37. The summed E-state index contributed by atoms with van der Waals surface area (Å²) in [5, 5.41) is 0. The molecule has 1 aromatic carbocycles. The maximum absolute atomic E-state index is 12.9. The van der Waals surface area contributed by atoms with E-state index >= 15 is 0 Å². The fraction of sp³-hybridized carbons (Fsp3) is 0.611. The summed E-state index contributed by atoms with van der Waals surface area (Å²) in [6.07, 6.45) is 6.39. The van der Waals surface area contributed by atoms with E-state index in [1.165, 1.54) is 11.1 Å². The number of rotatable bonds is 4.